The number of carboxylic acid groups (broad SMARTS) is 1. The van der Waals surface area contributed by atoms with Gasteiger partial charge in [-0.15, -0.1) is 0 Å². The molecule has 0 aliphatic carbocycles. The van der Waals surface area contributed by atoms with Gasteiger partial charge >= 0.3 is 12.0 Å². The molecule has 0 radical (unpaired) electrons. The van der Waals surface area contributed by atoms with Crippen LogP contribution < -0.4 is 16.4 Å². The van der Waals surface area contributed by atoms with E-state index in [2.05, 4.69) is 10.6 Å². The largest absolute Gasteiger partial charge is 0.481 e. The summed E-state index contributed by atoms with van der Waals surface area (Å²) in [5.41, 5.74) is 3.16. The van der Waals surface area contributed by atoms with Crippen LogP contribution >= 0.6 is 0 Å². The summed E-state index contributed by atoms with van der Waals surface area (Å²) in [5, 5.41) is 14.2. The summed E-state index contributed by atoms with van der Waals surface area (Å²) >= 11 is 0. The van der Waals surface area contributed by atoms with Crippen molar-refractivity contribution in [3.8, 4) is 0 Å². The Hall–Kier alpha value is -1.83. The Bertz CT molecular complexity index is 423. The highest BCUT2D eigenvalue weighted by molar-refractivity contribution is 5.82. The Kier molecular flexibility index (Phi) is 4.59. The van der Waals surface area contributed by atoms with E-state index in [1.807, 2.05) is 0 Å². The lowest BCUT2D eigenvalue weighted by molar-refractivity contribution is -0.148. The van der Waals surface area contributed by atoms with E-state index in [9.17, 15) is 19.5 Å². The normalized spacial score (nSPS) is 26.1. The van der Waals surface area contributed by atoms with E-state index < -0.39 is 34.8 Å². The molecule has 1 aliphatic heterocycles. The number of primary amides is 1. The zero-order valence-electron chi connectivity index (χ0n) is 11.9. The molecule has 2 unspecified atom stereocenters. The van der Waals surface area contributed by atoms with Gasteiger partial charge in [-0.1, -0.05) is 0 Å². The lowest BCUT2D eigenvalue weighted by Gasteiger charge is -2.26. The van der Waals surface area contributed by atoms with E-state index in [0.717, 1.165) is 0 Å². The van der Waals surface area contributed by atoms with Gasteiger partial charge in [-0.3, -0.25) is 9.59 Å². The molecule has 1 fully saturated rings. The van der Waals surface area contributed by atoms with Crippen LogP contribution in [-0.2, 0) is 14.3 Å². The summed E-state index contributed by atoms with van der Waals surface area (Å²) in [6, 6.07) is -1.18. The van der Waals surface area contributed by atoms with E-state index in [1.165, 1.54) is 6.92 Å². The van der Waals surface area contributed by atoms with Crippen LogP contribution in [0.25, 0.3) is 0 Å². The van der Waals surface area contributed by atoms with Crippen LogP contribution in [0.4, 0.5) is 4.79 Å². The topological polar surface area (TPSA) is 131 Å². The average molecular weight is 287 g/mol. The van der Waals surface area contributed by atoms with E-state index >= 15 is 0 Å². The van der Waals surface area contributed by atoms with Gasteiger partial charge in [0, 0.05) is 6.54 Å². The molecule has 0 bridgehead atoms. The zero-order valence-corrected chi connectivity index (χ0v) is 11.9. The third kappa shape index (κ3) is 3.38. The fraction of sp³-hybridized carbons (Fsp3) is 0.750. The quantitative estimate of drug-likeness (QED) is 0.530. The number of urea groups is 1. The molecule has 0 saturated carbocycles. The van der Waals surface area contributed by atoms with Crippen LogP contribution in [0.15, 0.2) is 0 Å². The lowest BCUT2D eigenvalue weighted by Crippen LogP contribution is -2.54. The van der Waals surface area contributed by atoms with Crippen molar-refractivity contribution in [1.82, 2.24) is 10.6 Å². The molecule has 20 heavy (non-hydrogen) atoms. The number of ether oxygens (including phenoxy) is 1. The lowest BCUT2D eigenvalue weighted by atomic mass is 9.85. The van der Waals surface area contributed by atoms with E-state index in [4.69, 9.17) is 10.5 Å². The molecule has 8 heteroatoms. The molecule has 1 rings (SSSR count). The summed E-state index contributed by atoms with van der Waals surface area (Å²) in [6.07, 6.45) is 0. The summed E-state index contributed by atoms with van der Waals surface area (Å²) in [5.74, 6) is -1.56. The van der Waals surface area contributed by atoms with E-state index in [1.54, 1.807) is 13.8 Å². The van der Waals surface area contributed by atoms with Gasteiger partial charge in [-0.25, -0.2) is 4.79 Å². The Morgan fingerprint density at radius 1 is 1.45 bits per heavy atom. The highest BCUT2D eigenvalue weighted by atomic mass is 16.5. The van der Waals surface area contributed by atoms with Gasteiger partial charge in [0.05, 0.1) is 24.7 Å². The van der Waals surface area contributed by atoms with Gasteiger partial charge in [-0.05, 0) is 20.8 Å². The van der Waals surface area contributed by atoms with Crippen LogP contribution in [0.3, 0.4) is 0 Å². The molecule has 2 atom stereocenters. The van der Waals surface area contributed by atoms with Gasteiger partial charge in [0.25, 0.3) is 0 Å². The Balaban J connectivity index is 2.55. The van der Waals surface area contributed by atoms with Crippen molar-refractivity contribution in [3.05, 3.63) is 0 Å². The molecule has 8 nitrogen and oxygen atoms in total. The first kappa shape index (κ1) is 16.2. The molecule has 114 valence electrons. The maximum atomic E-state index is 11.8. The SMILES string of the molecule is CC(C)(CNC(=O)NC1COCC1(C)C(=O)O)C(N)=O. The Labute approximate surface area is 117 Å². The number of carbonyl (C=O) groups is 3. The second kappa shape index (κ2) is 5.66. The average Bonchev–Trinajstić information content (AvgIpc) is 2.70. The van der Waals surface area contributed by atoms with Crippen LogP contribution in [0.2, 0.25) is 0 Å². The smallest absolute Gasteiger partial charge is 0.315 e. The minimum Gasteiger partial charge on any atom is -0.481 e. The maximum absolute atomic E-state index is 11.8. The molecule has 5 N–H and O–H groups in total. The van der Waals surface area contributed by atoms with Crippen molar-refractivity contribution in [2.75, 3.05) is 19.8 Å². The number of nitrogens with two attached hydrogens (primary N) is 1. The maximum Gasteiger partial charge on any atom is 0.315 e. The first-order valence-electron chi connectivity index (χ1n) is 6.25. The van der Waals surface area contributed by atoms with Crippen molar-refractivity contribution >= 4 is 17.9 Å². The van der Waals surface area contributed by atoms with Crippen LogP contribution in [0, 0.1) is 10.8 Å². The molecule has 0 aromatic heterocycles. The van der Waals surface area contributed by atoms with Crippen LogP contribution in [0.5, 0.6) is 0 Å². The molecular weight excluding hydrogens is 266 g/mol. The van der Waals surface area contributed by atoms with Gasteiger partial charge in [0.2, 0.25) is 5.91 Å². The molecule has 0 spiro atoms. The fourth-order valence-electron chi connectivity index (χ4n) is 1.68. The molecule has 3 amide bonds. The molecule has 1 saturated heterocycles. The molecular formula is C12H21N3O5. The highest BCUT2D eigenvalue weighted by Crippen LogP contribution is 2.28. The predicted octanol–water partition coefficient (Wildman–Crippen LogP) is -0.713. The third-order valence-corrected chi connectivity index (χ3v) is 3.61. The first-order chi connectivity index (χ1) is 9.09. The number of carbonyl (C=O) groups excluding carboxylic acids is 2. The standard InChI is InChI=1S/C12H21N3O5/c1-11(2,8(13)16)5-14-10(19)15-7-4-20-6-12(7,3)9(17)18/h7H,4-6H2,1-3H3,(H2,13,16)(H,17,18)(H2,14,15,19). The van der Waals surface area contributed by atoms with Gasteiger partial charge < -0.3 is 26.2 Å². The second-order valence-corrected chi connectivity index (χ2v) is 5.87. The van der Waals surface area contributed by atoms with Crippen molar-refractivity contribution in [2.24, 2.45) is 16.6 Å². The van der Waals surface area contributed by atoms with Gasteiger partial charge in [-0.2, -0.15) is 0 Å². The van der Waals surface area contributed by atoms with E-state index in [-0.39, 0.29) is 19.8 Å². The number of amides is 3. The summed E-state index contributed by atoms with van der Waals surface area (Å²) in [4.78, 5) is 34.1. The second-order valence-electron chi connectivity index (χ2n) is 5.87. The molecule has 0 aromatic carbocycles. The monoisotopic (exact) mass is 287 g/mol. The van der Waals surface area contributed by atoms with Crippen LogP contribution in [-0.4, -0.2) is 48.8 Å². The van der Waals surface area contributed by atoms with Gasteiger partial charge in [0.15, 0.2) is 0 Å². The van der Waals surface area contributed by atoms with Crippen molar-refractivity contribution in [3.63, 3.8) is 0 Å². The van der Waals surface area contributed by atoms with Crippen molar-refractivity contribution in [2.45, 2.75) is 26.8 Å². The molecule has 0 aromatic rings. The number of rotatable bonds is 5. The van der Waals surface area contributed by atoms with E-state index in [0.29, 0.717) is 0 Å². The zero-order chi connectivity index (χ0) is 15.6. The van der Waals surface area contributed by atoms with Crippen molar-refractivity contribution < 1.29 is 24.2 Å². The number of hydrogen-bond donors (Lipinski definition) is 4. The van der Waals surface area contributed by atoms with Crippen LogP contribution in [0.1, 0.15) is 20.8 Å². The van der Waals surface area contributed by atoms with Crippen molar-refractivity contribution in [1.29, 1.82) is 0 Å². The third-order valence-electron chi connectivity index (χ3n) is 3.61. The van der Waals surface area contributed by atoms with Gasteiger partial charge in [0.1, 0.15) is 5.41 Å². The molecule has 1 heterocycles. The minimum absolute atomic E-state index is 0.0417. The summed E-state index contributed by atoms with van der Waals surface area (Å²) < 4.78 is 5.12. The fourth-order valence-corrected chi connectivity index (χ4v) is 1.68. The molecule has 1 aliphatic rings. The predicted molar refractivity (Wildman–Crippen MR) is 69.9 cm³/mol. The Morgan fingerprint density at radius 3 is 2.55 bits per heavy atom. The highest BCUT2D eigenvalue weighted by Gasteiger charge is 2.47. The summed E-state index contributed by atoms with van der Waals surface area (Å²) in [7, 11) is 0. The summed E-state index contributed by atoms with van der Waals surface area (Å²) in [6.45, 7) is 4.97. The number of aliphatic carboxylic acids is 1. The number of nitrogens with one attached hydrogen (secondary N) is 2. The minimum atomic E-state index is -1.16. The number of hydrogen-bond acceptors (Lipinski definition) is 4. The Morgan fingerprint density at radius 2 is 2.05 bits per heavy atom. The number of carboxylic acids is 1. The first-order valence-corrected chi connectivity index (χ1v) is 6.25.